The summed E-state index contributed by atoms with van der Waals surface area (Å²) in [7, 11) is 0. The van der Waals surface area contributed by atoms with Crippen LogP contribution in [0.5, 0.6) is 0 Å². The molecule has 0 bridgehead atoms. The minimum absolute atomic E-state index is 0.285. The smallest absolute Gasteiger partial charge is 0.163 e. The second kappa shape index (κ2) is 4.49. The molecule has 0 aliphatic heterocycles. The van der Waals surface area contributed by atoms with Gasteiger partial charge in [-0.05, 0) is 18.6 Å². The normalized spacial score (nSPS) is 9.67. The van der Waals surface area contributed by atoms with E-state index < -0.39 is 0 Å². The van der Waals surface area contributed by atoms with Crippen LogP contribution in [0.1, 0.15) is 6.42 Å². The quantitative estimate of drug-likeness (QED) is 0.287. The highest BCUT2D eigenvalue weighted by molar-refractivity contribution is 7.80. The zero-order valence-electron chi connectivity index (χ0n) is 5.13. The lowest BCUT2D eigenvalue weighted by molar-refractivity contribution is 0.627. The van der Waals surface area contributed by atoms with Crippen LogP contribution in [0.4, 0.5) is 0 Å². The Morgan fingerprint density at radius 3 is 2.44 bits per heavy atom. The molecule has 0 atom stereocenters. The van der Waals surface area contributed by atoms with Crippen molar-refractivity contribution in [3.8, 4) is 0 Å². The molecule has 9 heavy (non-hydrogen) atoms. The molecule has 0 aromatic rings. The molecule has 0 rings (SSSR count). The molecule has 0 amide bonds. The highest BCUT2D eigenvalue weighted by Gasteiger charge is 1.92. The lowest BCUT2D eigenvalue weighted by Gasteiger charge is -2.05. The first kappa shape index (κ1) is 8.61. The van der Waals surface area contributed by atoms with Gasteiger partial charge in [0.25, 0.3) is 0 Å². The van der Waals surface area contributed by atoms with Crippen LogP contribution in [0, 0.1) is 0 Å². The zero-order chi connectivity index (χ0) is 7.28. The van der Waals surface area contributed by atoms with E-state index in [9.17, 15) is 0 Å². The Bertz CT molecular complexity index is 92.6. The van der Waals surface area contributed by atoms with Gasteiger partial charge in [-0.1, -0.05) is 0 Å². The van der Waals surface area contributed by atoms with E-state index in [0.717, 1.165) is 0 Å². The van der Waals surface area contributed by atoms with Gasteiger partial charge >= 0.3 is 0 Å². The van der Waals surface area contributed by atoms with E-state index in [1.165, 1.54) is 0 Å². The number of hydrogen-bond acceptors (Lipinski definition) is 3. The molecule has 5 heteroatoms. The Hall–Kier alpha value is -0.390. The molecule has 7 N–H and O–H groups in total. The molecular formula is C4H12N4S. The fraction of sp³-hybridized carbons (Fsp3) is 0.750. The summed E-state index contributed by atoms with van der Waals surface area (Å²) < 4.78 is 0. The summed E-state index contributed by atoms with van der Waals surface area (Å²) >= 11 is 4.53. The van der Waals surface area contributed by atoms with Gasteiger partial charge in [-0.25, -0.2) is 0 Å². The van der Waals surface area contributed by atoms with Gasteiger partial charge in [0.15, 0.2) is 5.11 Å². The number of hydrogen-bond donors (Lipinski definition) is 4. The molecule has 54 valence electrons. The van der Waals surface area contributed by atoms with Crippen LogP contribution >= 0.6 is 12.2 Å². The predicted octanol–water partition coefficient (Wildman–Crippen LogP) is -1.55. The summed E-state index contributed by atoms with van der Waals surface area (Å²) in [4.78, 5) is 0. The first-order valence-corrected chi connectivity index (χ1v) is 3.08. The lowest BCUT2D eigenvalue weighted by Crippen LogP contribution is -2.37. The number of nitrogens with one attached hydrogen (secondary N) is 1. The van der Waals surface area contributed by atoms with Crippen molar-refractivity contribution < 1.29 is 0 Å². The fourth-order valence-electron chi connectivity index (χ4n) is 0.362. The van der Waals surface area contributed by atoms with Crippen LogP contribution < -0.4 is 22.5 Å². The Morgan fingerprint density at radius 1 is 1.56 bits per heavy atom. The van der Waals surface area contributed by atoms with Crippen molar-refractivity contribution in [2.45, 2.75) is 12.6 Å². The monoisotopic (exact) mass is 148 g/mol. The second-order valence-corrected chi connectivity index (χ2v) is 2.18. The minimum Gasteiger partial charge on any atom is -0.376 e. The van der Waals surface area contributed by atoms with E-state index in [4.69, 9.17) is 17.2 Å². The van der Waals surface area contributed by atoms with Crippen molar-refractivity contribution in [1.29, 1.82) is 0 Å². The van der Waals surface area contributed by atoms with Crippen molar-refractivity contribution in [3.05, 3.63) is 0 Å². The third kappa shape index (κ3) is 7.61. The maximum atomic E-state index is 5.23. The van der Waals surface area contributed by atoms with Gasteiger partial charge in [-0.2, -0.15) is 0 Å². The van der Waals surface area contributed by atoms with Crippen molar-refractivity contribution in [2.24, 2.45) is 17.2 Å². The van der Waals surface area contributed by atoms with Gasteiger partial charge in [0.05, 0.1) is 6.17 Å². The number of thiocarbonyl (C=S) groups is 1. The van der Waals surface area contributed by atoms with E-state index in [0.29, 0.717) is 13.0 Å². The Balaban J connectivity index is 3.01. The van der Waals surface area contributed by atoms with Gasteiger partial charge < -0.3 is 22.5 Å². The average molecular weight is 148 g/mol. The third-order valence-corrected chi connectivity index (χ3v) is 0.921. The highest BCUT2D eigenvalue weighted by atomic mass is 32.1. The van der Waals surface area contributed by atoms with Gasteiger partial charge in [0.2, 0.25) is 0 Å². The number of nitrogens with two attached hydrogens (primary N) is 3. The van der Waals surface area contributed by atoms with Crippen LogP contribution in [0.25, 0.3) is 0 Å². The second-order valence-electron chi connectivity index (χ2n) is 1.74. The SMILES string of the molecule is NC(=S)NCCC(N)N. The van der Waals surface area contributed by atoms with E-state index in [1.807, 2.05) is 0 Å². The summed E-state index contributed by atoms with van der Waals surface area (Å²) in [6.45, 7) is 0.646. The third-order valence-electron chi connectivity index (χ3n) is 0.777. The molecular weight excluding hydrogens is 136 g/mol. The molecule has 0 saturated heterocycles. The molecule has 4 nitrogen and oxygen atoms in total. The molecule has 0 aromatic heterocycles. The Morgan fingerprint density at radius 2 is 2.11 bits per heavy atom. The minimum atomic E-state index is -0.285. The largest absolute Gasteiger partial charge is 0.376 e. The average Bonchev–Trinajstić information content (AvgIpc) is 1.63. The van der Waals surface area contributed by atoms with Gasteiger partial charge in [-0.15, -0.1) is 0 Å². The van der Waals surface area contributed by atoms with Crippen LogP contribution in [-0.4, -0.2) is 17.8 Å². The maximum absolute atomic E-state index is 5.23. The summed E-state index contributed by atoms with van der Waals surface area (Å²) in [5.41, 5.74) is 15.6. The summed E-state index contributed by atoms with van der Waals surface area (Å²) in [5.74, 6) is 0. The maximum Gasteiger partial charge on any atom is 0.163 e. The van der Waals surface area contributed by atoms with Crippen LogP contribution in [0.3, 0.4) is 0 Å². The lowest BCUT2D eigenvalue weighted by atomic mass is 10.4. The standard InChI is InChI=1S/C4H12N4S/c5-3(6)1-2-8-4(7)9/h3H,1-2,5-6H2,(H3,7,8,9). The van der Waals surface area contributed by atoms with Gasteiger partial charge in [-0.3, -0.25) is 0 Å². The topological polar surface area (TPSA) is 90.1 Å². The summed E-state index contributed by atoms with van der Waals surface area (Å²) in [5, 5.41) is 3.01. The Labute approximate surface area is 59.8 Å². The van der Waals surface area contributed by atoms with Crippen molar-refractivity contribution in [1.82, 2.24) is 5.32 Å². The molecule has 0 spiro atoms. The van der Waals surface area contributed by atoms with Crippen molar-refractivity contribution >= 4 is 17.3 Å². The van der Waals surface area contributed by atoms with Crippen LogP contribution in [0.15, 0.2) is 0 Å². The number of rotatable bonds is 3. The molecule has 0 saturated carbocycles. The van der Waals surface area contributed by atoms with Crippen molar-refractivity contribution in [3.63, 3.8) is 0 Å². The predicted molar refractivity (Wildman–Crippen MR) is 41.6 cm³/mol. The van der Waals surface area contributed by atoms with E-state index in [-0.39, 0.29) is 11.3 Å². The summed E-state index contributed by atoms with van der Waals surface area (Å²) in [6, 6.07) is 0. The van der Waals surface area contributed by atoms with Crippen LogP contribution in [0.2, 0.25) is 0 Å². The van der Waals surface area contributed by atoms with Crippen LogP contribution in [-0.2, 0) is 0 Å². The first-order chi connectivity index (χ1) is 4.13. The van der Waals surface area contributed by atoms with Crippen molar-refractivity contribution in [2.75, 3.05) is 6.54 Å². The molecule has 0 heterocycles. The van der Waals surface area contributed by atoms with E-state index in [2.05, 4.69) is 17.5 Å². The molecule has 0 aliphatic carbocycles. The van der Waals surface area contributed by atoms with Gasteiger partial charge in [0.1, 0.15) is 0 Å². The molecule has 0 unspecified atom stereocenters. The molecule has 0 radical (unpaired) electrons. The summed E-state index contributed by atoms with van der Waals surface area (Å²) in [6.07, 6.45) is 0.393. The first-order valence-electron chi connectivity index (χ1n) is 2.67. The Kier molecular flexibility index (Phi) is 4.29. The molecule has 0 aliphatic rings. The molecule has 0 fully saturated rings. The van der Waals surface area contributed by atoms with E-state index in [1.54, 1.807) is 0 Å². The molecule has 0 aromatic carbocycles. The fourth-order valence-corrected chi connectivity index (χ4v) is 0.464. The van der Waals surface area contributed by atoms with Gasteiger partial charge in [0, 0.05) is 6.54 Å². The van der Waals surface area contributed by atoms with E-state index >= 15 is 0 Å². The highest BCUT2D eigenvalue weighted by Crippen LogP contribution is 1.74. The zero-order valence-corrected chi connectivity index (χ0v) is 5.95.